The van der Waals surface area contributed by atoms with E-state index in [2.05, 4.69) is 4.98 Å². The molecule has 0 aliphatic rings. The molecule has 14 heavy (non-hydrogen) atoms. The Labute approximate surface area is 81.4 Å². The van der Waals surface area contributed by atoms with E-state index in [9.17, 15) is 0 Å². The number of oxazole rings is 1. The van der Waals surface area contributed by atoms with Crippen molar-refractivity contribution in [2.45, 2.75) is 6.92 Å². The molecule has 0 aliphatic carbocycles. The average molecular weight is 187 g/mol. The standard InChI is InChI=1S/C10H9N3O/c1-7-12-9-5-8(13(2)6-11)3-4-10(9)14-7/h3-5H,1-2H3. The molecule has 0 bridgehead atoms. The van der Waals surface area contributed by atoms with Crippen LogP contribution < -0.4 is 4.90 Å². The number of rotatable bonds is 1. The van der Waals surface area contributed by atoms with Gasteiger partial charge >= 0.3 is 0 Å². The van der Waals surface area contributed by atoms with E-state index in [1.807, 2.05) is 24.4 Å². The van der Waals surface area contributed by atoms with Gasteiger partial charge in [-0.15, -0.1) is 0 Å². The van der Waals surface area contributed by atoms with Crippen molar-refractivity contribution < 1.29 is 4.42 Å². The Kier molecular flexibility index (Phi) is 1.86. The number of aryl methyl sites for hydroxylation is 1. The van der Waals surface area contributed by atoms with E-state index in [0.29, 0.717) is 5.89 Å². The minimum atomic E-state index is 0.636. The van der Waals surface area contributed by atoms with Crippen LogP contribution in [0.1, 0.15) is 5.89 Å². The van der Waals surface area contributed by atoms with Crippen molar-refractivity contribution in [1.29, 1.82) is 5.26 Å². The molecule has 1 heterocycles. The summed E-state index contributed by atoms with van der Waals surface area (Å²) in [6, 6.07) is 5.48. The number of fused-ring (bicyclic) bond motifs is 1. The molecule has 0 atom stereocenters. The highest BCUT2D eigenvalue weighted by Crippen LogP contribution is 2.21. The zero-order valence-corrected chi connectivity index (χ0v) is 7.98. The molecule has 4 nitrogen and oxygen atoms in total. The third kappa shape index (κ3) is 1.29. The first kappa shape index (κ1) is 8.57. The van der Waals surface area contributed by atoms with Gasteiger partial charge in [0.05, 0.1) is 5.69 Å². The third-order valence-electron chi connectivity index (χ3n) is 2.02. The van der Waals surface area contributed by atoms with Gasteiger partial charge in [0.25, 0.3) is 0 Å². The maximum atomic E-state index is 8.70. The Morgan fingerprint density at radius 1 is 1.50 bits per heavy atom. The van der Waals surface area contributed by atoms with E-state index in [1.165, 1.54) is 4.90 Å². The van der Waals surface area contributed by atoms with Crippen LogP contribution in [0.4, 0.5) is 5.69 Å². The molecule has 0 N–H and O–H groups in total. The molecule has 0 amide bonds. The molecule has 1 aromatic heterocycles. The van der Waals surface area contributed by atoms with Gasteiger partial charge in [0, 0.05) is 14.0 Å². The first-order valence-electron chi connectivity index (χ1n) is 4.21. The number of anilines is 1. The summed E-state index contributed by atoms with van der Waals surface area (Å²) in [6.45, 7) is 1.80. The summed E-state index contributed by atoms with van der Waals surface area (Å²) in [6.07, 6.45) is 2.03. The maximum absolute atomic E-state index is 8.70. The molecule has 0 saturated heterocycles. The van der Waals surface area contributed by atoms with Gasteiger partial charge in [-0.25, -0.2) is 4.98 Å². The predicted octanol–water partition coefficient (Wildman–Crippen LogP) is 2.05. The maximum Gasteiger partial charge on any atom is 0.192 e. The fourth-order valence-electron chi connectivity index (χ4n) is 1.30. The number of nitriles is 1. The van der Waals surface area contributed by atoms with Crippen LogP contribution in [0.25, 0.3) is 11.1 Å². The van der Waals surface area contributed by atoms with Gasteiger partial charge in [0.1, 0.15) is 5.52 Å². The molecule has 0 spiro atoms. The normalized spacial score (nSPS) is 10.1. The van der Waals surface area contributed by atoms with Crippen molar-refractivity contribution in [3.05, 3.63) is 24.1 Å². The number of hydrogen-bond donors (Lipinski definition) is 0. The molecule has 0 radical (unpaired) electrons. The SMILES string of the molecule is Cc1nc2cc(N(C)C#N)ccc2o1. The monoisotopic (exact) mass is 187 g/mol. The van der Waals surface area contributed by atoms with Crippen molar-refractivity contribution in [2.75, 3.05) is 11.9 Å². The minimum Gasteiger partial charge on any atom is -0.441 e. The lowest BCUT2D eigenvalue weighted by Gasteiger charge is -2.06. The highest BCUT2D eigenvalue weighted by atomic mass is 16.3. The second-order valence-electron chi connectivity index (χ2n) is 3.04. The van der Waals surface area contributed by atoms with Crippen LogP contribution in [-0.2, 0) is 0 Å². The molecule has 2 aromatic rings. The Bertz CT molecular complexity index is 510. The molecule has 1 aromatic carbocycles. The average Bonchev–Trinajstić information content (AvgIpc) is 2.55. The van der Waals surface area contributed by atoms with Crippen molar-refractivity contribution in [2.24, 2.45) is 0 Å². The second kappa shape index (κ2) is 3.04. The van der Waals surface area contributed by atoms with Gasteiger partial charge in [-0.2, -0.15) is 5.26 Å². The van der Waals surface area contributed by atoms with Gasteiger partial charge < -0.3 is 4.42 Å². The van der Waals surface area contributed by atoms with Crippen LogP contribution in [0.2, 0.25) is 0 Å². The van der Waals surface area contributed by atoms with Gasteiger partial charge in [0.2, 0.25) is 0 Å². The fraction of sp³-hybridized carbons (Fsp3) is 0.200. The summed E-state index contributed by atoms with van der Waals surface area (Å²) in [5.41, 5.74) is 2.34. The molecule has 0 saturated carbocycles. The van der Waals surface area contributed by atoms with Gasteiger partial charge in [-0.05, 0) is 18.2 Å². The van der Waals surface area contributed by atoms with Crippen LogP contribution in [0.3, 0.4) is 0 Å². The Balaban J connectivity index is 2.57. The van der Waals surface area contributed by atoms with E-state index in [-0.39, 0.29) is 0 Å². The molecule has 4 heteroatoms. The highest BCUT2D eigenvalue weighted by Gasteiger charge is 2.05. The van der Waals surface area contributed by atoms with Crippen molar-refractivity contribution in [3.63, 3.8) is 0 Å². The lowest BCUT2D eigenvalue weighted by atomic mass is 10.3. The van der Waals surface area contributed by atoms with E-state index in [1.54, 1.807) is 14.0 Å². The second-order valence-corrected chi connectivity index (χ2v) is 3.04. The van der Waals surface area contributed by atoms with Crippen LogP contribution in [0.15, 0.2) is 22.6 Å². The molecular weight excluding hydrogens is 178 g/mol. The zero-order valence-electron chi connectivity index (χ0n) is 7.98. The number of hydrogen-bond acceptors (Lipinski definition) is 4. The Morgan fingerprint density at radius 2 is 2.29 bits per heavy atom. The lowest BCUT2D eigenvalue weighted by molar-refractivity contribution is 0.561. The molecular formula is C10H9N3O. The number of benzene rings is 1. The van der Waals surface area contributed by atoms with Crippen LogP contribution in [0, 0.1) is 18.4 Å². The van der Waals surface area contributed by atoms with Crippen LogP contribution >= 0.6 is 0 Å². The van der Waals surface area contributed by atoms with Gasteiger partial charge in [0.15, 0.2) is 17.7 Å². The number of aromatic nitrogens is 1. The minimum absolute atomic E-state index is 0.636. The number of nitrogens with zero attached hydrogens (tertiary/aromatic N) is 3. The zero-order chi connectivity index (χ0) is 10.1. The Hall–Kier alpha value is -2.02. The van der Waals surface area contributed by atoms with E-state index in [4.69, 9.17) is 9.68 Å². The van der Waals surface area contributed by atoms with Crippen LogP contribution in [-0.4, -0.2) is 12.0 Å². The fourth-order valence-corrected chi connectivity index (χ4v) is 1.30. The summed E-state index contributed by atoms with van der Waals surface area (Å²) >= 11 is 0. The topological polar surface area (TPSA) is 53.1 Å². The van der Waals surface area contributed by atoms with Crippen LogP contribution in [0.5, 0.6) is 0 Å². The van der Waals surface area contributed by atoms with Crippen molar-refractivity contribution in [3.8, 4) is 6.19 Å². The summed E-state index contributed by atoms with van der Waals surface area (Å²) in [5, 5.41) is 8.70. The molecule has 0 aliphatic heterocycles. The molecule has 2 rings (SSSR count). The third-order valence-corrected chi connectivity index (χ3v) is 2.02. The smallest absolute Gasteiger partial charge is 0.192 e. The van der Waals surface area contributed by atoms with Gasteiger partial charge in [-0.1, -0.05) is 0 Å². The summed E-state index contributed by atoms with van der Waals surface area (Å²) in [4.78, 5) is 5.66. The quantitative estimate of drug-likeness (QED) is 0.506. The highest BCUT2D eigenvalue weighted by molar-refractivity contribution is 5.78. The first-order valence-corrected chi connectivity index (χ1v) is 4.21. The summed E-state index contributed by atoms with van der Waals surface area (Å²) in [7, 11) is 1.70. The lowest BCUT2D eigenvalue weighted by Crippen LogP contribution is -2.07. The largest absolute Gasteiger partial charge is 0.441 e. The van der Waals surface area contributed by atoms with E-state index < -0.39 is 0 Å². The van der Waals surface area contributed by atoms with E-state index in [0.717, 1.165) is 16.8 Å². The van der Waals surface area contributed by atoms with Gasteiger partial charge in [-0.3, -0.25) is 4.90 Å². The molecule has 70 valence electrons. The molecule has 0 unspecified atom stereocenters. The molecule has 0 fully saturated rings. The van der Waals surface area contributed by atoms with E-state index >= 15 is 0 Å². The summed E-state index contributed by atoms with van der Waals surface area (Å²) < 4.78 is 5.32. The Morgan fingerprint density at radius 3 is 3.00 bits per heavy atom. The summed E-state index contributed by atoms with van der Waals surface area (Å²) in [5.74, 6) is 0.636. The van der Waals surface area contributed by atoms with Crippen molar-refractivity contribution >= 4 is 16.8 Å². The first-order chi connectivity index (χ1) is 6.70. The van der Waals surface area contributed by atoms with Crippen molar-refractivity contribution in [1.82, 2.24) is 4.98 Å². The predicted molar refractivity (Wildman–Crippen MR) is 52.8 cm³/mol.